The van der Waals surface area contributed by atoms with Gasteiger partial charge in [0.05, 0.1) is 0 Å². The number of hydrogen-bond acceptors (Lipinski definition) is 5. The van der Waals surface area contributed by atoms with Crippen LogP contribution in [0.3, 0.4) is 0 Å². The maximum atomic E-state index is 12.3. The minimum absolute atomic E-state index is 0.0913. The van der Waals surface area contributed by atoms with Crippen molar-refractivity contribution in [2.45, 2.75) is 42.4 Å². The lowest BCUT2D eigenvalue weighted by Gasteiger charge is -2.18. The first kappa shape index (κ1) is 15.4. The third-order valence-corrected chi connectivity index (χ3v) is 6.20. The van der Waals surface area contributed by atoms with Crippen molar-refractivity contribution in [3.8, 4) is 0 Å². The standard InChI is InChI=1S/C12H17NO5S2/c1-7-11(6-9(18-7)12(14)15)20(16,17)13-8-4-3-5-10(8)19-2/h6,8,10,13H,3-5H2,1-2H3,(H,14,15). The van der Waals surface area contributed by atoms with Crippen molar-refractivity contribution in [1.82, 2.24) is 4.72 Å². The lowest BCUT2D eigenvalue weighted by molar-refractivity contribution is 0.0661. The van der Waals surface area contributed by atoms with Crippen LogP contribution in [-0.2, 0) is 10.0 Å². The van der Waals surface area contributed by atoms with Crippen molar-refractivity contribution in [2.24, 2.45) is 0 Å². The summed E-state index contributed by atoms with van der Waals surface area (Å²) >= 11 is 1.65. The monoisotopic (exact) mass is 319 g/mol. The molecule has 0 aromatic carbocycles. The van der Waals surface area contributed by atoms with E-state index in [-0.39, 0.29) is 27.7 Å². The van der Waals surface area contributed by atoms with Crippen LogP contribution in [0.15, 0.2) is 15.4 Å². The molecule has 1 aromatic heterocycles. The maximum Gasteiger partial charge on any atom is 0.371 e. The zero-order valence-corrected chi connectivity index (χ0v) is 12.9. The molecule has 0 aliphatic heterocycles. The van der Waals surface area contributed by atoms with Gasteiger partial charge in [0.2, 0.25) is 15.8 Å². The highest BCUT2D eigenvalue weighted by atomic mass is 32.2. The van der Waals surface area contributed by atoms with Gasteiger partial charge in [-0.15, -0.1) is 0 Å². The van der Waals surface area contributed by atoms with Gasteiger partial charge < -0.3 is 9.52 Å². The number of aromatic carboxylic acids is 1. The molecule has 2 rings (SSSR count). The van der Waals surface area contributed by atoms with E-state index in [4.69, 9.17) is 9.52 Å². The number of nitrogens with one attached hydrogen (secondary N) is 1. The minimum atomic E-state index is -3.75. The fourth-order valence-electron chi connectivity index (χ4n) is 2.44. The van der Waals surface area contributed by atoms with Gasteiger partial charge in [0.15, 0.2) is 0 Å². The quantitative estimate of drug-likeness (QED) is 0.859. The summed E-state index contributed by atoms with van der Waals surface area (Å²) in [5.74, 6) is -1.55. The van der Waals surface area contributed by atoms with Crippen molar-refractivity contribution in [3.63, 3.8) is 0 Å². The van der Waals surface area contributed by atoms with E-state index in [0.717, 1.165) is 25.3 Å². The number of hydrogen-bond donors (Lipinski definition) is 2. The second-order valence-corrected chi connectivity index (χ2v) is 7.53. The molecule has 8 heteroatoms. The average molecular weight is 319 g/mol. The first-order chi connectivity index (χ1) is 9.35. The van der Waals surface area contributed by atoms with Crippen molar-refractivity contribution in [1.29, 1.82) is 0 Å². The van der Waals surface area contributed by atoms with Gasteiger partial charge in [0.25, 0.3) is 0 Å². The van der Waals surface area contributed by atoms with Gasteiger partial charge in [-0.25, -0.2) is 17.9 Å². The molecule has 0 amide bonds. The zero-order valence-electron chi connectivity index (χ0n) is 11.3. The lowest BCUT2D eigenvalue weighted by Crippen LogP contribution is -2.38. The Balaban J connectivity index is 2.24. The molecular weight excluding hydrogens is 302 g/mol. The summed E-state index contributed by atoms with van der Waals surface area (Å²) in [5.41, 5.74) is 0. The van der Waals surface area contributed by atoms with E-state index in [1.165, 1.54) is 6.92 Å². The highest BCUT2D eigenvalue weighted by molar-refractivity contribution is 7.99. The molecule has 20 heavy (non-hydrogen) atoms. The molecule has 1 aliphatic rings. The van der Waals surface area contributed by atoms with E-state index < -0.39 is 16.0 Å². The number of carboxylic acid groups (broad SMARTS) is 1. The molecule has 2 atom stereocenters. The lowest BCUT2D eigenvalue weighted by atomic mass is 10.3. The molecule has 6 nitrogen and oxygen atoms in total. The van der Waals surface area contributed by atoms with Gasteiger partial charge >= 0.3 is 5.97 Å². The summed E-state index contributed by atoms with van der Waals surface area (Å²) in [7, 11) is -3.75. The summed E-state index contributed by atoms with van der Waals surface area (Å²) in [6.45, 7) is 1.45. The van der Waals surface area contributed by atoms with Gasteiger partial charge in [-0.05, 0) is 26.0 Å². The predicted octanol–water partition coefficient (Wildman–Crippen LogP) is 1.85. The van der Waals surface area contributed by atoms with E-state index in [9.17, 15) is 13.2 Å². The number of rotatable bonds is 5. The van der Waals surface area contributed by atoms with E-state index >= 15 is 0 Å². The van der Waals surface area contributed by atoms with Crippen LogP contribution in [0.4, 0.5) is 0 Å². The van der Waals surface area contributed by atoms with E-state index in [1.54, 1.807) is 11.8 Å². The Kier molecular flexibility index (Phi) is 4.46. The molecule has 112 valence electrons. The molecule has 1 aromatic rings. The Morgan fingerprint density at radius 3 is 2.75 bits per heavy atom. The van der Waals surface area contributed by atoms with E-state index in [2.05, 4.69) is 4.72 Å². The predicted molar refractivity (Wildman–Crippen MR) is 75.7 cm³/mol. The molecule has 1 aliphatic carbocycles. The number of aryl methyl sites for hydroxylation is 1. The van der Waals surface area contributed by atoms with Gasteiger partial charge in [0, 0.05) is 17.4 Å². The largest absolute Gasteiger partial charge is 0.475 e. The molecule has 0 radical (unpaired) electrons. The number of carboxylic acids is 1. The Hall–Kier alpha value is -0.990. The molecule has 1 fully saturated rings. The van der Waals surface area contributed by atoms with Crippen LogP contribution in [0.5, 0.6) is 0 Å². The van der Waals surface area contributed by atoms with Gasteiger partial charge in [-0.3, -0.25) is 0 Å². The molecule has 0 bridgehead atoms. The smallest absolute Gasteiger partial charge is 0.371 e. The first-order valence-corrected chi connectivity index (χ1v) is 9.01. The molecule has 2 unspecified atom stereocenters. The van der Waals surface area contributed by atoms with Crippen LogP contribution in [0.25, 0.3) is 0 Å². The van der Waals surface area contributed by atoms with Crippen LogP contribution in [0.1, 0.15) is 35.6 Å². The summed E-state index contributed by atoms with van der Waals surface area (Å²) in [6.07, 6.45) is 4.73. The van der Waals surface area contributed by atoms with Gasteiger partial charge in [-0.2, -0.15) is 11.8 Å². The van der Waals surface area contributed by atoms with Gasteiger partial charge in [0.1, 0.15) is 10.7 Å². The molecule has 0 spiro atoms. The van der Waals surface area contributed by atoms with Crippen LogP contribution >= 0.6 is 11.8 Å². The van der Waals surface area contributed by atoms with Crippen LogP contribution in [0.2, 0.25) is 0 Å². The minimum Gasteiger partial charge on any atom is -0.475 e. The summed E-state index contributed by atoms with van der Waals surface area (Å²) in [5, 5.41) is 9.10. The maximum absolute atomic E-state index is 12.3. The van der Waals surface area contributed by atoms with Gasteiger partial charge in [-0.1, -0.05) is 6.42 Å². The third-order valence-electron chi connectivity index (χ3n) is 3.43. The van der Waals surface area contributed by atoms with Crippen LogP contribution in [0, 0.1) is 6.92 Å². The molecule has 1 saturated carbocycles. The third kappa shape index (κ3) is 3.02. The van der Waals surface area contributed by atoms with E-state index in [1.807, 2.05) is 6.26 Å². The molecule has 0 saturated heterocycles. The van der Waals surface area contributed by atoms with E-state index in [0.29, 0.717) is 0 Å². The van der Waals surface area contributed by atoms with Crippen LogP contribution < -0.4 is 4.72 Å². The zero-order chi connectivity index (χ0) is 14.9. The summed E-state index contributed by atoms with van der Waals surface area (Å²) in [6, 6.07) is 0.945. The normalized spacial score (nSPS) is 23.1. The topological polar surface area (TPSA) is 96.6 Å². The molecule has 1 heterocycles. The Labute approximate surface area is 122 Å². The second-order valence-electron chi connectivity index (χ2n) is 4.77. The van der Waals surface area contributed by atoms with Crippen molar-refractivity contribution in [2.75, 3.05) is 6.26 Å². The average Bonchev–Trinajstić information content (AvgIpc) is 2.95. The molecular formula is C12H17NO5S2. The first-order valence-electron chi connectivity index (χ1n) is 6.24. The number of sulfonamides is 1. The summed E-state index contributed by atoms with van der Waals surface area (Å²) < 4.78 is 32.3. The Morgan fingerprint density at radius 2 is 2.20 bits per heavy atom. The molecule has 2 N–H and O–H groups in total. The van der Waals surface area contributed by atoms with Crippen molar-refractivity contribution in [3.05, 3.63) is 17.6 Å². The second kappa shape index (κ2) is 5.79. The van der Waals surface area contributed by atoms with Crippen molar-refractivity contribution >= 4 is 27.8 Å². The number of furan rings is 1. The fourth-order valence-corrected chi connectivity index (χ4v) is 4.95. The highest BCUT2D eigenvalue weighted by Gasteiger charge is 2.32. The Morgan fingerprint density at radius 1 is 1.50 bits per heavy atom. The number of thioether (sulfide) groups is 1. The SMILES string of the molecule is CSC1CCCC1NS(=O)(=O)c1cc(C(=O)O)oc1C. The fraction of sp³-hybridized carbons (Fsp3) is 0.583. The summed E-state index contributed by atoms with van der Waals surface area (Å²) in [4.78, 5) is 10.7. The highest BCUT2D eigenvalue weighted by Crippen LogP contribution is 2.30. The van der Waals surface area contributed by atoms with Crippen molar-refractivity contribution < 1.29 is 22.7 Å². The van der Waals surface area contributed by atoms with Crippen LogP contribution in [-0.4, -0.2) is 37.0 Å². The Bertz CT molecular complexity index is 607. The number of carbonyl (C=O) groups is 1.